The average molecular weight is 304 g/mol. The highest BCUT2D eigenvalue weighted by Gasteiger charge is 2.05. The monoisotopic (exact) mass is 304 g/mol. The number of carbonyl (C=O) groups is 1. The van der Waals surface area contributed by atoms with Gasteiger partial charge in [-0.3, -0.25) is 0 Å². The third kappa shape index (κ3) is 4.49. The number of hydrogen-bond donors (Lipinski definition) is 3. The summed E-state index contributed by atoms with van der Waals surface area (Å²) in [4.78, 5) is 11.5. The van der Waals surface area contributed by atoms with Crippen molar-refractivity contribution in [3.05, 3.63) is 42.2 Å². The van der Waals surface area contributed by atoms with Crippen LogP contribution in [0.25, 0.3) is 5.69 Å². The standard InChI is InChI=1S/C15H20N4O3/c1-11(20)9-16-15(21)17-10-12-7-8-19(18-12)13-3-5-14(22-2)6-4-13/h3-8,11,20H,9-10H2,1-2H3,(H2,16,17,21)/t11-/m1/s1. The number of aliphatic hydroxyl groups excluding tert-OH is 1. The van der Waals surface area contributed by atoms with Crippen LogP contribution >= 0.6 is 0 Å². The van der Waals surface area contributed by atoms with Gasteiger partial charge < -0.3 is 20.5 Å². The zero-order valence-corrected chi connectivity index (χ0v) is 12.6. The maximum absolute atomic E-state index is 11.5. The number of aromatic nitrogens is 2. The number of ether oxygens (including phenoxy) is 1. The fraction of sp³-hybridized carbons (Fsp3) is 0.333. The number of urea groups is 1. The average Bonchev–Trinajstić information content (AvgIpc) is 3.00. The lowest BCUT2D eigenvalue weighted by Gasteiger charge is -2.07. The van der Waals surface area contributed by atoms with E-state index in [0.717, 1.165) is 17.1 Å². The fourth-order valence-electron chi connectivity index (χ4n) is 1.81. The van der Waals surface area contributed by atoms with E-state index in [1.165, 1.54) is 0 Å². The molecule has 3 N–H and O–H groups in total. The normalized spacial score (nSPS) is 11.8. The van der Waals surface area contributed by atoms with E-state index in [1.54, 1.807) is 18.7 Å². The Morgan fingerprint density at radius 1 is 1.32 bits per heavy atom. The molecule has 0 aliphatic carbocycles. The molecule has 0 saturated carbocycles. The van der Waals surface area contributed by atoms with E-state index >= 15 is 0 Å². The Balaban J connectivity index is 1.89. The van der Waals surface area contributed by atoms with Crippen LogP contribution in [0.3, 0.4) is 0 Å². The molecule has 0 spiro atoms. The first-order valence-corrected chi connectivity index (χ1v) is 6.97. The number of amides is 2. The minimum atomic E-state index is -0.569. The number of rotatable bonds is 6. The molecule has 22 heavy (non-hydrogen) atoms. The number of hydrogen-bond acceptors (Lipinski definition) is 4. The highest BCUT2D eigenvalue weighted by atomic mass is 16.5. The van der Waals surface area contributed by atoms with E-state index in [2.05, 4.69) is 15.7 Å². The molecule has 118 valence electrons. The number of methoxy groups -OCH3 is 1. The predicted molar refractivity (Wildman–Crippen MR) is 82.0 cm³/mol. The van der Waals surface area contributed by atoms with Gasteiger partial charge in [0, 0.05) is 12.7 Å². The zero-order valence-electron chi connectivity index (χ0n) is 12.6. The molecule has 0 bridgehead atoms. The lowest BCUT2D eigenvalue weighted by molar-refractivity contribution is 0.187. The fourth-order valence-corrected chi connectivity index (χ4v) is 1.81. The minimum Gasteiger partial charge on any atom is -0.497 e. The van der Waals surface area contributed by atoms with Crippen molar-refractivity contribution in [2.75, 3.05) is 13.7 Å². The Bertz CT molecular complexity index is 608. The van der Waals surface area contributed by atoms with Crippen molar-refractivity contribution in [3.8, 4) is 11.4 Å². The van der Waals surface area contributed by atoms with E-state index in [1.807, 2.05) is 36.5 Å². The minimum absolute atomic E-state index is 0.214. The van der Waals surface area contributed by atoms with Crippen molar-refractivity contribution < 1.29 is 14.6 Å². The second kappa shape index (κ2) is 7.46. The van der Waals surface area contributed by atoms with E-state index in [4.69, 9.17) is 9.84 Å². The van der Waals surface area contributed by atoms with Gasteiger partial charge in [0.1, 0.15) is 5.75 Å². The second-order valence-corrected chi connectivity index (χ2v) is 4.86. The highest BCUT2D eigenvalue weighted by molar-refractivity contribution is 5.73. The number of aliphatic hydroxyl groups is 1. The van der Waals surface area contributed by atoms with Gasteiger partial charge in [-0.2, -0.15) is 5.10 Å². The van der Waals surface area contributed by atoms with Crippen LogP contribution in [0.4, 0.5) is 4.79 Å². The van der Waals surface area contributed by atoms with Crippen molar-refractivity contribution >= 4 is 6.03 Å². The lowest BCUT2D eigenvalue weighted by Crippen LogP contribution is -2.38. The van der Waals surface area contributed by atoms with Crippen molar-refractivity contribution in [3.63, 3.8) is 0 Å². The van der Waals surface area contributed by atoms with E-state index < -0.39 is 6.10 Å². The molecule has 0 aliphatic heterocycles. The van der Waals surface area contributed by atoms with Crippen LogP contribution in [0.15, 0.2) is 36.5 Å². The summed E-state index contributed by atoms with van der Waals surface area (Å²) in [6, 6.07) is 9.02. The van der Waals surface area contributed by atoms with Crippen molar-refractivity contribution in [2.24, 2.45) is 0 Å². The van der Waals surface area contributed by atoms with Gasteiger partial charge in [-0.05, 0) is 37.3 Å². The molecule has 2 amide bonds. The lowest BCUT2D eigenvalue weighted by atomic mass is 10.3. The summed E-state index contributed by atoms with van der Waals surface area (Å²) < 4.78 is 6.84. The molecule has 0 fully saturated rings. The van der Waals surface area contributed by atoms with Gasteiger partial charge in [-0.1, -0.05) is 0 Å². The van der Waals surface area contributed by atoms with Crippen molar-refractivity contribution in [2.45, 2.75) is 19.6 Å². The third-order valence-corrected chi connectivity index (χ3v) is 2.97. The van der Waals surface area contributed by atoms with Crippen molar-refractivity contribution in [1.82, 2.24) is 20.4 Å². The molecule has 0 unspecified atom stereocenters. The second-order valence-electron chi connectivity index (χ2n) is 4.86. The molecule has 1 atom stereocenters. The molecule has 0 radical (unpaired) electrons. The number of nitrogens with zero attached hydrogens (tertiary/aromatic N) is 2. The summed E-state index contributed by atoms with van der Waals surface area (Å²) in [7, 11) is 1.62. The topological polar surface area (TPSA) is 88.4 Å². The SMILES string of the molecule is COc1ccc(-n2ccc(CNC(=O)NC[C@@H](C)O)n2)cc1. The molecular weight excluding hydrogens is 284 g/mol. The first kappa shape index (κ1) is 15.8. The molecule has 7 nitrogen and oxygen atoms in total. The Labute approximate surface area is 128 Å². The van der Waals surface area contributed by atoms with Crippen LogP contribution in [-0.4, -0.2) is 40.7 Å². The molecule has 1 aromatic heterocycles. The largest absolute Gasteiger partial charge is 0.497 e. The number of benzene rings is 1. The summed E-state index contributed by atoms with van der Waals surface area (Å²) in [6.45, 7) is 2.14. The third-order valence-electron chi connectivity index (χ3n) is 2.97. The zero-order chi connectivity index (χ0) is 15.9. The van der Waals surface area contributed by atoms with E-state index in [-0.39, 0.29) is 12.6 Å². The van der Waals surface area contributed by atoms with Gasteiger partial charge in [-0.15, -0.1) is 0 Å². The summed E-state index contributed by atoms with van der Waals surface area (Å²) in [5.74, 6) is 0.785. The van der Waals surface area contributed by atoms with Gasteiger partial charge in [-0.25, -0.2) is 9.48 Å². The summed E-state index contributed by atoms with van der Waals surface area (Å²) in [5.41, 5.74) is 1.65. The Hall–Kier alpha value is -2.54. The summed E-state index contributed by atoms with van der Waals surface area (Å²) in [6.07, 6.45) is 1.26. The van der Waals surface area contributed by atoms with E-state index in [0.29, 0.717) is 6.54 Å². The quantitative estimate of drug-likeness (QED) is 0.744. The van der Waals surface area contributed by atoms with Gasteiger partial charge in [0.15, 0.2) is 0 Å². The molecule has 0 aliphatic rings. The summed E-state index contributed by atoms with van der Waals surface area (Å²) >= 11 is 0. The Morgan fingerprint density at radius 3 is 2.68 bits per heavy atom. The van der Waals surface area contributed by atoms with Crippen molar-refractivity contribution in [1.29, 1.82) is 0 Å². The predicted octanol–water partition coefficient (Wildman–Crippen LogP) is 1.06. The Kier molecular flexibility index (Phi) is 5.37. The Morgan fingerprint density at radius 2 is 2.05 bits per heavy atom. The molecule has 1 aromatic carbocycles. The molecular formula is C15H20N4O3. The van der Waals surface area contributed by atoms with Crippen LogP contribution < -0.4 is 15.4 Å². The molecule has 2 rings (SSSR count). The summed E-state index contributed by atoms with van der Waals surface area (Å²) in [5, 5.41) is 18.7. The number of carbonyl (C=O) groups excluding carboxylic acids is 1. The van der Waals surface area contributed by atoms with Crippen LogP contribution in [0.5, 0.6) is 5.75 Å². The van der Waals surface area contributed by atoms with Crippen LogP contribution in [0, 0.1) is 0 Å². The molecule has 0 saturated heterocycles. The van der Waals surface area contributed by atoms with Crippen LogP contribution in [0.1, 0.15) is 12.6 Å². The molecule has 1 heterocycles. The molecule has 7 heteroatoms. The smallest absolute Gasteiger partial charge is 0.315 e. The van der Waals surface area contributed by atoms with Gasteiger partial charge in [0.05, 0.1) is 31.1 Å². The first-order valence-electron chi connectivity index (χ1n) is 6.97. The maximum Gasteiger partial charge on any atom is 0.315 e. The maximum atomic E-state index is 11.5. The van der Waals surface area contributed by atoms with Gasteiger partial charge in [0.2, 0.25) is 0 Å². The first-order chi connectivity index (χ1) is 10.6. The highest BCUT2D eigenvalue weighted by Crippen LogP contribution is 2.14. The van der Waals surface area contributed by atoms with Gasteiger partial charge in [0.25, 0.3) is 0 Å². The van der Waals surface area contributed by atoms with Crippen LogP contribution in [-0.2, 0) is 6.54 Å². The van der Waals surface area contributed by atoms with Crippen LogP contribution in [0.2, 0.25) is 0 Å². The number of nitrogens with one attached hydrogen (secondary N) is 2. The van der Waals surface area contributed by atoms with E-state index in [9.17, 15) is 4.79 Å². The van der Waals surface area contributed by atoms with Gasteiger partial charge >= 0.3 is 6.03 Å². The molecule has 2 aromatic rings.